The average Bonchev–Trinajstić information content (AvgIpc) is 2.28. The lowest BCUT2D eigenvalue weighted by Crippen LogP contribution is -2.28. The SMILES string of the molecule is COc1ccc2c(c1)CNCC2CC(C)C. The zero-order valence-electron chi connectivity index (χ0n) is 10.4. The van der Waals surface area contributed by atoms with Crippen molar-refractivity contribution in [2.24, 2.45) is 5.92 Å². The van der Waals surface area contributed by atoms with Gasteiger partial charge in [0.05, 0.1) is 7.11 Å². The van der Waals surface area contributed by atoms with E-state index in [1.165, 1.54) is 17.5 Å². The first-order valence-corrected chi connectivity index (χ1v) is 6.08. The van der Waals surface area contributed by atoms with Crippen molar-refractivity contribution in [1.82, 2.24) is 5.32 Å². The lowest BCUT2D eigenvalue weighted by molar-refractivity contribution is 0.410. The van der Waals surface area contributed by atoms with Crippen LogP contribution in [0.1, 0.15) is 37.3 Å². The third-order valence-corrected chi connectivity index (χ3v) is 3.25. The van der Waals surface area contributed by atoms with Crippen LogP contribution in [0.15, 0.2) is 18.2 Å². The molecule has 2 heteroatoms. The zero-order chi connectivity index (χ0) is 11.5. The maximum absolute atomic E-state index is 5.27. The topological polar surface area (TPSA) is 21.3 Å². The number of methoxy groups -OCH3 is 1. The first kappa shape index (κ1) is 11.5. The Labute approximate surface area is 98.0 Å². The molecule has 1 aliphatic heterocycles. The molecule has 1 heterocycles. The highest BCUT2D eigenvalue weighted by atomic mass is 16.5. The van der Waals surface area contributed by atoms with E-state index in [-0.39, 0.29) is 0 Å². The van der Waals surface area contributed by atoms with Crippen molar-refractivity contribution in [3.05, 3.63) is 29.3 Å². The van der Waals surface area contributed by atoms with E-state index in [0.29, 0.717) is 5.92 Å². The van der Waals surface area contributed by atoms with E-state index in [9.17, 15) is 0 Å². The van der Waals surface area contributed by atoms with E-state index < -0.39 is 0 Å². The third-order valence-electron chi connectivity index (χ3n) is 3.25. The van der Waals surface area contributed by atoms with Crippen LogP contribution in [0.5, 0.6) is 5.75 Å². The van der Waals surface area contributed by atoms with Gasteiger partial charge in [-0.1, -0.05) is 19.9 Å². The Morgan fingerprint density at radius 1 is 1.44 bits per heavy atom. The summed E-state index contributed by atoms with van der Waals surface area (Å²) < 4.78 is 5.27. The van der Waals surface area contributed by atoms with Gasteiger partial charge in [0.15, 0.2) is 0 Å². The van der Waals surface area contributed by atoms with Gasteiger partial charge in [-0.25, -0.2) is 0 Å². The highest BCUT2D eigenvalue weighted by Gasteiger charge is 2.20. The van der Waals surface area contributed by atoms with Crippen LogP contribution in [0.4, 0.5) is 0 Å². The van der Waals surface area contributed by atoms with E-state index in [0.717, 1.165) is 24.8 Å². The van der Waals surface area contributed by atoms with Gasteiger partial charge >= 0.3 is 0 Å². The van der Waals surface area contributed by atoms with Gasteiger partial charge < -0.3 is 10.1 Å². The second kappa shape index (κ2) is 4.88. The molecule has 1 aliphatic rings. The van der Waals surface area contributed by atoms with Gasteiger partial charge in [-0.15, -0.1) is 0 Å². The summed E-state index contributed by atoms with van der Waals surface area (Å²) in [5.74, 6) is 2.38. The van der Waals surface area contributed by atoms with Gasteiger partial charge in [0.25, 0.3) is 0 Å². The predicted molar refractivity (Wildman–Crippen MR) is 66.9 cm³/mol. The van der Waals surface area contributed by atoms with Gasteiger partial charge in [0.1, 0.15) is 5.75 Å². The number of hydrogen-bond acceptors (Lipinski definition) is 2. The minimum absolute atomic E-state index is 0.662. The molecule has 0 bridgehead atoms. The van der Waals surface area contributed by atoms with Crippen LogP contribution in [0.2, 0.25) is 0 Å². The number of benzene rings is 1. The van der Waals surface area contributed by atoms with Crippen molar-refractivity contribution >= 4 is 0 Å². The quantitative estimate of drug-likeness (QED) is 0.844. The summed E-state index contributed by atoms with van der Waals surface area (Å²) in [4.78, 5) is 0. The van der Waals surface area contributed by atoms with Crippen LogP contribution in [-0.4, -0.2) is 13.7 Å². The Kier molecular flexibility index (Phi) is 3.49. The smallest absolute Gasteiger partial charge is 0.119 e. The molecular formula is C14H21NO. The fraction of sp³-hybridized carbons (Fsp3) is 0.571. The molecule has 16 heavy (non-hydrogen) atoms. The first-order chi connectivity index (χ1) is 7.70. The summed E-state index contributed by atoms with van der Waals surface area (Å²) >= 11 is 0. The highest BCUT2D eigenvalue weighted by molar-refractivity contribution is 5.39. The largest absolute Gasteiger partial charge is 0.497 e. The molecule has 0 saturated carbocycles. The van der Waals surface area contributed by atoms with Crippen molar-refractivity contribution in [3.8, 4) is 5.75 Å². The maximum atomic E-state index is 5.27. The van der Waals surface area contributed by atoms with Crippen LogP contribution < -0.4 is 10.1 Å². The Hall–Kier alpha value is -1.02. The second-order valence-electron chi connectivity index (χ2n) is 5.02. The molecule has 88 valence electrons. The van der Waals surface area contributed by atoms with Crippen LogP contribution >= 0.6 is 0 Å². The molecule has 1 atom stereocenters. The van der Waals surface area contributed by atoms with E-state index in [1.54, 1.807) is 7.11 Å². The molecular weight excluding hydrogens is 198 g/mol. The molecule has 0 fully saturated rings. The number of hydrogen-bond donors (Lipinski definition) is 1. The maximum Gasteiger partial charge on any atom is 0.119 e. The summed E-state index contributed by atoms with van der Waals surface area (Å²) in [7, 11) is 1.73. The monoisotopic (exact) mass is 219 g/mol. The first-order valence-electron chi connectivity index (χ1n) is 6.08. The number of fused-ring (bicyclic) bond motifs is 1. The molecule has 0 spiro atoms. The standard InChI is InChI=1S/C14H21NO/c1-10(2)6-11-8-15-9-12-7-13(16-3)4-5-14(11)12/h4-5,7,10-11,15H,6,8-9H2,1-3H3. The molecule has 0 aliphatic carbocycles. The van der Waals surface area contributed by atoms with Gasteiger partial charge in [-0.2, -0.15) is 0 Å². The zero-order valence-corrected chi connectivity index (χ0v) is 10.4. The molecule has 1 N–H and O–H groups in total. The molecule has 0 aromatic heterocycles. The molecule has 2 nitrogen and oxygen atoms in total. The fourth-order valence-corrected chi connectivity index (χ4v) is 2.53. The van der Waals surface area contributed by atoms with E-state index >= 15 is 0 Å². The van der Waals surface area contributed by atoms with Crippen molar-refractivity contribution in [2.75, 3.05) is 13.7 Å². The third kappa shape index (κ3) is 2.38. The van der Waals surface area contributed by atoms with Crippen LogP contribution in [-0.2, 0) is 6.54 Å². The molecule has 1 aromatic rings. The summed E-state index contributed by atoms with van der Waals surface area (Å²) in [6, 6.07) is 6.48. The van der Waals surface area contributed by atoms with Crippen LogP contribution in [0.3, 0.4) is 0 Å². The van der Waals surface area contributed by atoms with Crippen molar-refractivity contribution in [2.45, 2.75) is 32.7 Å². The molecule has 0 amide bonds. The van der Waals surface area contributed by atoms with Crippen LogP contribution in [0, 0.1) is 5.92 Å². The van der Waals surface area contributed by atoms with Crippen LogP contribution in [0.25, 0.3) is 0 Å². The minimum Gasteiger partial charge on any atom is -0.497 e. The van der Waals surface area contributed by atoms with E-state index in [1.807, 2.05) is 0 Å². The predicted octanol–water partition coefficient (Wildman–Crippen LogP) is 2.93. The van der Waals surface area contributed by atoms with Gasteiger partial charge in [0, 0.05) is 13.1 Å². The number of nitrogens with one attached hydrogen (secondary N) is 1. The van der Waals surface area contributed by atoms with Crippen molar-refractivity contribution < 1.29 is 4.74 Å². The van der Waals surface area contributed by atoms with Gasteiger partial charge in [-0.05, 0) is 41.5 Å². The second-order valence-corrected chi connectivity index (χ2v) is 5.02. The van der Waals surface area contributed by atoms with E-state index in [4.69, 9.17) is 4.74 Å². The fourth-order valence-electron chi connectivity index (χ4n) is 2.53. The number of ether oxygens (including phenoxy) is 1. The van der Waals surface area contributed by atoms with Crippen molar-refractivity contribution in [1.29, 1.82) is 0 Å². The van der Waals surface area contributed by atoms with Gasteiger partial charge in [0.2, 0.25) is 0 Å². The summed E-state index contributed by atoms with van der Waals surface area (Å²) in [5, 5.41) is 3.49. The molecule has 2 rings (SSSR count). The molecule has 1 aromatic carbocycles. The molecule has 0 saturated heterocycles. The normalized spacial score (nSPS) is 19.6. The molecule has 0 radical (unpaired) electrons. The summed E-state index contributed by atoms with van der Waals surface area (Å²) in [5.41, 5.74) is 2.91. The Morgan fingerprint density at radius 3 is 2.94 bits per heavy atom. The summed E-state index contributed by atoms with van der Waals surface area (Å²) in [6.45, 7) is 6.66. The number of rotatable bonds is 3. The Morgan fingerprint density at radius 2 is 2.25 bits per heavy atom. The Balaban J connectivity index is 2.25. The minimum atomic E-state index is 0.662. The lowest BCUT2D eigenvalue weighted by atomic mass is 9.85. The lowest BCUT2D eigenvalue weighted by Gasteiger charge is -2.28. The molecule has 1 unspecified atom stereocenters. The highest BCUT2D eigenvalue weighted by Crippen LogP contribution is 2.31. The average molecular weight is 219 g/mol. The van der Waals surface area contributed by atoms with E-state index in [2.05, 4.69) is 37.4 Å². The van der Waals surface area contributed by atoms with Crippen molar-refractivity contribution in [3.63, 3.8) is 0 Å². The summed E-state index contributed by atoms with van der Waals surface area (Å²) in [6.07, 6.45) is 1.26. The van der Waals surface area contributed by atoms with Gasteiger partial charge in [-0.3, -0.25) is 0 Å². The Bertz CT molecular complexity index is 360.